The van der Waals surface area contributed by atoms with Crippen LogP contribution in [0.5, 0.6) is 0 Å². The van der Waals surface area contributed by atoms with Crippen molar-refractivity contribution in [1.29, 1.82) is 0 Å². The van der Waals surface area contributed by atoms with Crippen molar-refractivity contribution < 1.29 is 9.72 Å². The number of hydrogen-bond acceptors (Lipinski definition) is 6. The number of nitrogens with one attached hydrogen (secondary N) is 2. The summed E-state index contributed by atoms with van der Waals surface area (Å²) in [5.41, 5.74) is 0.342. The van der Waals surface area contributed by atoms with Crippen molar-refractivity contribution in [3.8, 4) is 0 Å². The van der Waals surface area contributed by atoms with Crippen LogP contribution in [-0.2, 0) is 11.3 Å². The van der Waals surface area contributed by atoms with Crippen LogP contribution >= 0.6 is 11.6 Å². The number of nitrogens with zero attached hydrogens (tertiary/aromatic N) is 3. The third-order valence-corrected chi connectivity index (χ3v) is 4.60. The number of benzene rings is 2. The average Bonchev–Trinajstić information content (AvgIpc) is 2.68. The Hall–Kier alpha value is -3.30. The first-order chi connectivity index (χ1) is 13.9. The van der Waals surface area contributed by atoms with Gasteiger partial charge in [-0.15, -0.1) is 0 Å². The van der Waals surface area contributed by atoms with E-state index < -0.39 is 4.92 Å². The van der Waals surface area contributed by atoms with E-state index in [9.17, 15) is 19.7 Å². The molecule has 0 unspecified atom stereocenters. The molecule has 2 aromatic carbocycles. The number of aromatic nitrogens is 2. The van der Waals surface area contributed by atoms with Crippen LogP contribution in [0.25, 0.3) is 10.9 Å². The maximum atomic E-state index is 12.4. The smallest absolute Gasteiger partial charge is 0.289 e. The van der Waals surface area contributed by atoms with E-state index in [-0.39, 0.29) is 41.0 Å². The van der Waals surface area contributed by atoms with E-state index in [1.807, 2.05) is 6.92 Å². The molecular weight excluding hydrogens is 398 g/mol. The Morgan fingerprint density at radius 3 is 2.79 bits per heavy atom. The van der Waals surface area contributed by atoms with Crippen molar-refractivity contribution in [1.82, 2.24) is 14.9 Å². The molecule has 3 aromatic rings. The Balaban J connectivity index is 1.70. The van der Waals surface area contributed by atoms with Gasteiger partial charge in [0.25, 0.3) is 11.2 Å². The number of carbonyl (C=O) groups excluding carboxylic acids is 1. The van der Waals surface area contributed by atoms with E-state index in [2.05, 4.69) is 15.3 Å². The minimum atomic E-state index is -0.613. The highest BCUT2D eigenvalue weighted by atomic mass is 35.5. The van der Waals surface area contributed by atoms with Crippen molar-refractivity contribution in [2.75, 3.05) is 18.4 Å². The molecule has 9 nitrogen and oxygen atoms in total. The Morgan fingerprint density at radius 1 is 1.31 bits per heavy atom. The van der Waals surface area contributed by atoms with Crippen molar-refractivity contribution in [3.63, 3.8) is 0 Å². The Kier molecular flexibility index (Phi) is 6.20. The van der Waals surface area contributed by atoms with Gasteiger partial charge < -0.3 is 10.3 Å². The van der Waals surface area contributed by atoms with Crippen molar-refractivity contribution >= 4 is 39.8 Å². The minimum Gasteiger partial charge on any atom is -0.325 e. The summed E-state index contributed by atoms with van der Waals surface area (Å²) in [5, 5.41) is 14.1. The second kappa shape index (κ2) is 8.80. The molecule has 0 atom stereocenters. The first-order valence-electron chi connectivity index (χ1n) is 8.81. The number of H-pyrrole nitrogens is 1. The summed E-state index contributed by atoms with van der Waals surface area (Å²) in [6.07, 6.45) is 0. The lowest BCUT2D eigenvalue weighted by Gasteiger charge is -2.19. The number of halogens is 1. The zero-order valence-electron chi connectivity index (χ0n) is 15.5. The van der Waals surface area contributed by atoms with Crippen molar-refractivity contribution in [2.45, 2.75) is 13.5 Å². The number of likely N-dealkylation sites (N-methyl/N-ethyl adjacent to an activating group) is 1. The molecule has 0 saturated heterocycles. The van der Waals surface area contributed by atoms with Gasteiger partial charge in [0.15, 0.2) is 0 Å². The van der Waals surface area contributed by atoms with Crippen LogP contribution in [0.3, 0.4) is 0 Å². The van der Waals surface area contributed by atoms with E-state index >= 15 is 0 Å². The third kappa shape index (κ3) is 4.95. The van der Waals surface area contributed by atoms with Crippen LogP contribution in [0.4, 0.5) is 11.4 Å². The van der Waals surface area contributed by atoms with E-state index in [1.165, 1.54) is 18.2 Å². The summed E-state index contributed by atoms with van der Waals surface area (Å²) in [7, 11) is 0. The Labute approximate surface area is 170 Å². The van der Waals surface area contributed by atoms with Crippen molar-refractivity contribution in [2.24, 2.45) is 0 Å². The number of amides is 1. The number of rotatable bonds is 7. The second-order valence-electron chi connectivity index (χ2n) is 6.30. The average molecular weight is 416 g/mol. The molecule has 10 heteroatoms. The fraction of sp³-hybridized carbons (Fsp3) is 0.211. The SMILES string of the molecule is CCN(CC(=O)Nc1ccc(Cl)c([N+](=O)[O-])c1)Cc1nc2ccccc2c(=O)[nH]1. The molecule has 0 radical (unpaired) electrons. The molecule has 0 bridgehead atoms. The summed E-state index contributed by atoms with van der Waals surface area (Å²) >= 11 is 5.78. The topological polar surface area (TPSA) is 121 Å². The number of hydrogen-bond donors (Lipinski definition) is 2. The molecule has 0 spiro atoms. The van der Waals surface area contributed by atoms with Crippen LogP contribution in [0.2, 0.25) is 5.02 Å². The van der Waals surface area contributed by atoms with Crippen LogP contribution < -0.4 is 10.9 Å². The number of aromatic amines is 1. The highest BCUT2D eigenvalue weighted by Gasteiger charge is 2.16. The molecule has 0 aliphatic rings. The first-order valence-corrected chi connectivity index (χ1v) is 9.19. The number of para-hydroxylation sites is 1. The summed E-state index contributed by atoms with van der Waals surface area (Å²) < 4.78 is 0. The number of anilines is 1. The summed E-state index contributed by atoms with van der Waals surface area (Å²) in [6, 6.07) is 11.1. The van der Waals surface area contributed by atoms with Crippen LogP contribution in [0, 0.1) is 10.1 Å². The molecule has 0 fully saturated rings. The van der Waals surface area contributed by atoms with E-state index in [4.69, 9.17) is 11.6 Å². The molecule has 3 rings (SSSR count). The van der Waals surface area contributed by atoms with Gasteiger partial charge in [-0.1, -0.05) is 30.7 Å². The fourth-order valence-electron chi connectivity index (χ4n) is 2.84. The predicted octanol–water partition coefficient (Wildman–Crippen LogP) is 2.95. The lowest BCUT2D eigenvalue weighted by Crippen LogP contribution is -2.33. The summed E-state index contributed by atoms with van der Waals surface area (Å²) in [5.74, 6) is 0.0945. The zero-order valence-corrected chi connectivity index (χ0v) is 16.3. The molecule has 1 aromatic heterocycles. The molecule has 0 aliphatic heterocycles. The quantitative estimate of drug-likeness (QED) is 0.452. The van der Waals surface area contributed by atoms with Gasteiger partial charge in [0, 0.05) is 11.8 Å². The largest absolute Gasteiger partial charge is 0.325 e. The van der Waals surface area contributed by atoms with Gasteiger partial charge in [0.1, 0.15) is 10.8 Å². The molecule has 0 aliphatic carbocycles. The molecule has 150 valence electrons. The first kappa shape index (κ1) is 20.4. The molecule has 1 amide bonds. The molecule has 0 saturated carbocycles. The van der Waals surface area contributed by atoms with Gasteiger partial charge in [0.2, 0.25) is 5.91 Å². The normalized spacial score (nSPS) is 11.0. The number of nitro groups is 1. The molecule has 1 heterocycles. The summed E-state index contributed by atoms with van der Waals surface area (Å²) in [4.78, 5) is 43.9. The third-order valence-electron chi connectivity index (χ3n) is 4.28. The number of fused-ring (bicyclic) bond motifs is 1. The predicted molar refractivity (Wildman–Crippen MR) is 110 cm³/mol. The molecule has 29 heavy (non-hydrogen) atoms. The standard InChI is InChI=1S/C19H18ClN5O4/c1-2-24(10-17-22-15-6-4-3-5-13(15)19(27)23-17)11-18(26)21-12-7-8-14(20)16(9-12)25(28)29/h3-9H,2,10-11H2,1H3,(H,21,26)(H,22,23,27). The highest BCUT2D eigenvalue weighted by Crippen LogP contribution is 2.27. The number of nitro benzene ring substituents is 1. The van der Waals surface area contributed by atoms with E-state index in [1.54, 1.807) is 29.2 Å². The van der Waals surface area contributed by atoms with Crippen LogP contribution in [-0.4, -0.2) is 38.8 Å². The zero-order chi connectivity index (χ0) is 21.0. The maximum absolute atomic E-state index is 12.4. The van der Waals surface area contributed by atoms with Crippen molar-refractivity contribution in [3.05, 3.63) is 73.8 Å². The van der Waals surface area contributed by atoms with Crippen LogP contribution in [0.1, 0.15) is 12.7 Å². The van der Waals surface area contributed by atoms with Crippen LogP contribution in [0.15, 0.2) is 47.3 Å². The Morgan fingerprint density at radius 2 is 2.07 bits per heavy atom. The highest BCUT2D eigenvalue weighted by molar-refractivity contribution is 6.32. The van der Waals surface area contributed by atoms with Gasteiger partial charge in [-0.3, -0.25) is 24.6 Å². The maximum Gasteiger partial charge on any atom is 0.289 e. The van der Waals surface area contributed by atoms with E-state index in [0.717, 1.165) is 0 Å². The van der Waals surface area contributed by atoms with Gasteiger partial charge in [0.05, 0.1) is 28.9 Å². The Bertz CT molecular complexity index is 1130. The number of carbonyl (C=O) groups is 1. The fourth-order valence-corrected chi connectivity index (χ4v) is 3.02. The lowest BCUT2D eigenvalue weighted by molar-refractivity contribution is -0.384. The minimum absolute atomic E-state index is 0.00508. The molecular formula is C19H18ClN5O4. The summed E-state index contributed by atoms with van der Waals surface area (Å²) in [6.45, 7) is 2.69. The monoisotopic (exact) mass is 415 g/mol. The lowest BCUT2D eigenvalue weighted by atomic mass is 10.2. The van der Waals surface area contributed by atoms with Gasteiger partial charge in [-0.2, -0.15) is 0 Å². The molecule has 2 N–H and O–H groups in total. The van der Waals surface area contributed by atoms with Gasteiger partial charge in [-0.25, -0.2) is 4.98 Å². The van der Waals surface area contributed by atoms with E-state index in [0.29, 0.717) is 23.3 Å². The van der Waals surface area contributed by atoms with Gasteiger partial charge in [-0.05, 0) is 30.8 Å². The van der Waals surface area contributed by atoms with Gasteiger partial charge >= 0.3 is 0 Å². The second-order valence-corrected chi connectivity index (χ2v) is 6.71.